The van der Waals surface area contributed by atoms with Gasteiger partial charge < -0.3 is 14.7 Å². The van der Waals surface area contributed by atoms with Crippen molar-refractivity contribution < 1.29 is 19.0 Å². The van der Waals surface area contributed by atoms with Crippen LogP contribution in [0, 0.1) is 19.7 Å². The third-order valence-corrected chi connectivity index (χ3v) is 4.66. The van der Waals surface area contributed by atoms with Gasteiger partial charge in [0.1, 0.15) is 29.1 Å². The van der Waals surface area contributed by atoms with Gasteiger partial charge in [-0.2, -0.15) is 0 Å². The first kappa shape index (κ1) is 18.3. The van der Waals surface area contributed by atoms with Crippen LogP contribution in [0.2, 0.25) is 0 Å². The predicted octanol–water partition coefficient (Wildman–Crippen LogP) is 2.28. The highest BCUT2D eigenvalue weighted by Gasteiger charge is 2.41. The minimum atomic E-state index is -1.12. The zero-order valence-electron chi connectivity index (χ0n) is 15.1. The van der Waals surface area contributed by atoms with Crippen molar-refractivity contribution >= 4 is 5.91 Å². The largest absolute Gasteiger partial charge is 0.485 e. The molecule has 2 atom stereocenters. The zero-order chi connectivity index (χ0) is 18.9. The Hall–Kier alpha value is -2.54. The highest BCUT2D eigenvalue weighted by Crippen LogP contribution is 2.28. The first-order chi connectivity index (χ1) is 12.3. The summed E-state index contributed by atoms with van der Waals surface area (Å²) in [5, 5.41) is 10.6. The molecule has 1 N–H and O–H groups in total. The molecule has 1 aromatic carbocycles. The van der Waals surface area contributed by atoms with Crippen molar-refractivity contribution in [2.75, 3.05) is 13.1 Å². The van der Waals surface area contributed by atoms with Crippen LogP contribution in [0.3, 0.4) is 0 Å². The number of rotatable bonds is 3. The van der Waals surface area contributed by atoms with Crippen LogP contribution in [0.15, 0.2) is 30.5 Å². The topological polar surface area (TPSA) is 75.6 Å². The molecule has 0 radical (unpaired) electrons. The fourth-order valence-electron chi connectivity index (χ4n) is 3.03. The number of halogens is 1. The molecule has 1 aliphatic heterocycles. The number of amides is 1. The van der Waals surface area contributed by atoms with Gasteiger partial charge in [0.25, 0.3) is 5.91 Å². The van der Waals surface area contributed by atoms with Gasteiger partial charge in [0.05, 0.1) is 17.8 Å². The second-order valence-corrected chi connectivity index (χ2v) is 6.84. The van der Waals surface area contributed by atoms with E-state index in [-0.39, 0.29) is 12.5 Å². The van der Waals surface area contributed by atoms with Crippen LogP contribution >= 0.6 is 0 Å². The molecular weight excluding hydrogens is 337 g/mol. The van der Waals surface area contributed by atoms with Crippen molar-refractivity contribution in [3.63, 3.8) is 0 Å². The quantitative estimate of drug-likeness (QED) is 0.910. The Balaban J connectivity index is 1.79. The number of likely N-dealkylation sites (tertiary alicyclic amines) is 1. The van der Waals surface area contributed by atoms with E-state index in [1.807, 2.05) is 0 Å². The molecule has 0 bridgehead atoms. The predicted molar refractivity (Wildman–Crippen MR) is 93.5 cm³/mol. The van der Waals surface area contributed by atoms with Gasteiger partial charge in [-0.15, -0.1) is 0 Å². The molecule has 2 heterocycles. The highest BCUT2D eigenvalue weighted by atomic mass is 19.1. The fraction of sp³-hybridized carbons (Fsp3) is 0.421. The van der Waals surface area contributed by atoms with Crippen LogP contribution in [0.1, 0.15) is 35.2 Å². The van der Waals surface area contributed by atoms with Gasteiger partial charge in [0, 0.05) is 18.8 Å². The lowest BCUT2D eigenvalue weighted by Gasteiger charge is -2.42. The summed E-state index contributed by atoms with van der Waals surface area (Å²) >= 11 is 0. The molecule has 7 heteroatoms. The third kappa shape index (κ3) is 3.83. The van der Waals surface area contributed by atoms with Crippen molar-refractivity contribution in [3.05, 3.63) is 53.4 Å². The molecular formula is C19H22FN3O3. The van der Waals surface area contributed by atoms with Gasteiger partial charge >= 0.3 is 0 Å². The van der Waals surface area contributed by atoms with Gasteiger partial charge in [-0.05, 0) is 39.3 Å². The Kier molecular flexibility index (Phi) is 4.91. The average molecular weight is 359 g/mol. The fourth-order valence-corrected chi connectivity index (χ4v) is 3.03. The molecule has 0 aliphatic carbocycles. The van der Waals surface area contributed by atoms with Crippen LogP contribution < -0.4 is 4.74 Å². The smallest absolute Gasteiger partial charge is 0.257 e. The van der Waals surface area contributed by atoms with Gasteiger partial charge in [0.2, 0.25) is 0 Å². The molecule has 0 saturated carbocycles. The van der Waals surface area contributed by atoms with Gasteiger partial charge in [-0.25, -0.2) is 14.4 Å². The molecule has 6 nitrogen and oxygen atoms in total. The summed E-state index contributed by atoms with van der Waals surface area (Å²) in [5.41, 5.74) is -0.0777. The number of carbonyl (C=O) groups excluding carboxylic acids is 1. The van der Waals surface area contributed by atoms with Crippen LogP contribution in [0.25, 0.3) is 0 Å². The first-order valence-electron chi connectivity index (χ1n) is 8.50. The Morgan fingerprint density at radius 2 is 2.19 bits per heavy atom. The number of aromatic nitrogens is 2. The number of benzene rings is 1. The van der Waals surface area contributed by atoms with Crippen LogP contribution in [-0.4, -0.2) is 50.7 Å². The minimum absolute atomic E-state index is 0.190. The van der Waals surface area contributed by atoms with Gasteiger partial charge in [-0.1, -0.05) is 6.07 Å². The molecule has 0 spiro atoms. The van der Waals surface area contributed by atoms with E-state index in [0.29, 0.717) is 35.8 Å². The van der Waals surface area contributed by atoms with Crippen LogP contribution in [0.4, 0.5) is 4.39 Å². The molecule has 3 rings (SSSR count). The van der Waals surface area contributed by atoms with Crippen molar-refractivity contribution in [1.82, 2.24) is 14.9 Å². The lowest BCUT2D eigenvalue weighted by atomic mass is 9.90. The second kappa shape index (κ2) is 6.99. The molecule has 1 fully saturated rings. The lowest BCUT2D eigenvalue weighted by molar-refractivity contribution is -0.0882. The summed E-state index contributed by atoms with van der Waals surface area (Å²) < 4.78 is 19.2. The third-order valence-electron chi connectivity index (χ3n) is 4.66. The summed E-state index contributed by atoms with van der Waals surface area (Å²) in [5.74, 6) is 0.302. The molecule has 26 heavy (non-hydrogen) atoms. The average Bonchev–Trinajstić information content (AvgIpc) is 2.56. The van der Waals surface area contributed by atoms with Crippen LogP contribution in [0.5, 0.6) is 5.75 Å². The standard InChI is InChI=1S/C19H22FN3O3/c1-12-16(10-21-13(2)22-12)18(24)23-8-7-19(3,25)17(11-23)26-15-6-4-5-14(20)9-15/h4-6,9-10,17,25H,7-8,11H2,1-3H3/t17-,19-/m1/s1. The number of nitrogens with zero attached hydrogens (tertiary/aromatic N) is 3. The molecule has 1 aromatic heterocycles. The minimum Gasteiger partial charge on any atom is -0.485 e. The monoisotopic (exact) mass is 359 g/mol. The maximum atomic E-state index is 13.4. The SMILES string of the molecule is Cc1ncc(C(=O)N2CC[C@@](C)(O)[C@H](Oc3cccc(F)c3)C2)c(C)n1. The number of hydrogen-bond donors (Lipinski definition) is 1. The molecule has 1 aliphatic rings. The van der Waals surface area contributed by atoms with Crippen LogP contribution in [-0.2, 0) is 0 Å². The first-order valence-corrected chi connectivity index (χ1v) is 8.50. The van der Waals surface area contributed by atoms with E-state index >= 15 is 0 Å². The lowest BCUT2D eigenvalue weighted by Crippen LogP contribution is -2.57. The number of piperidine rings is 1. The highest BCUT2D eigenvalue weighted by molar-refractivity contribution is 5.95. The Morgan fingerprint density at radius 3 is 2.88 bits per heavy atom. The zero-order valence-corrected chi connectivity index (χ0v) is 15.1. The van der Waals surface area contributed by atoms with Gasteiger partial charge in [0.15, 0.2) is 0 Å². The van der Waals surface area contributed by atoms with E-state index in [0.717, 1.165) is 0 Å². The number of hydrogen-bond acceptors (Lipinski definition) is 5. The van der Waals surface area contributed by atoms with E-state index in [4.69, 9.17) is 4.74 Å². The Morgan fingerprint density at radius 1 is 1.42 bits per heavy atom. The molecule has 0 unspecified atom stereocenters. The summed E-state index contributed by atoms with van der Waals surface area (Å²) in [4.78, 5) is 22.8. The molecule has 1 saturated heterocycles. The summed E-state index contributed by atoms with van der Waals surface area (Å²) in [6.07, 6.45) is 1.20. The van der Waals surface area contributed by atoms with Crippen molar-refractivity contribution in [2.45, 2.75) is 38.9 Å². The number of ether oxygens (including phenoxy) is 1. The van der Waals surface area contributed by atoms with E-state index in [1.54, 1.807) is 31.7 Å². The van der Waals surface area contributed by atoms with E-state index in [1.165, 1.54) is 24.4 Å². The number of aryl methyl sites for hydroxylation is 2. The Labute approximate surface area is 151 Å². The molecule has 1 amide bonds. The normalized spacial score (nSPS) is 23.0. The second-order valence-electron chi connectivity index (χ2n) is 6.84. The summed E-state index contributed by atoms with van der Waals surface area (Å²) in [6.45, 7) is 5.78. The van der Waals surface area contributed by atoms with E-state index in [9.17, 15) is 14.3 Å². The maximum absolute atomic E-state index is 13.4. The van der Waals surface area contributed by atoms with Crippen molar-refractivity contribution in [1.29, 1.82) is 0 Å². The van der Waals surface area contributed by atoms with Gasteiger partial charge in [-0.3, -0.25) is 4.79 Å². The number of aliphatic hydroxyl groups is 1. The van der Waals surface area contributed by atoms with E-state index < -0.39 is 17.5 Å². The van der Waals surface area contributed by atoms with Crippen molar-refractivity contribution in [2.24, 2.45) is 0 Å². The maximum Gasteiger partial charge on any atom is 0.257 e. The molecule has 138 valence electrons. The van der Waals surface area contributed by atoms with E-state index in [2.05, 4.69) is 9.97 Å². The Bertz CT molecular complexity index is 825. The summed E-state index contributed by atoms with van der Waals surface area (Å²) in [7, 11) is 0. The van der Waals surface area contributed by atoms with Crippen molar-refractivity contribution in [3.8, 4) is 5.75 Å². The number of carbonyl (C=O) groups is 1. The summed E-state index contributed by atoms with van der Waals surface area (Å²) in [6, 6.07) is 5.74. The molecule has 2 aromatic rings.